The largest absolute Gasteiger partial charge is 0.471 e. The number of pyridine rings is 1. The van der Waals surface area contributed by atoms with E-state index in [9.17, 15) is 9.59 Å². The molecular formula is C15H11N3O4. The van der Waals surface area contributed by atoms with E-state index < -0.39 is 5.63 Å². The topological polar surface area (TPSA) is 96.4 Å². The third kappa shape index (κ3) is 2.81. The number of rotatable bonds is 3. The van der Waals surface area contributed by atoms with Crippen LogP contribution in [0.4, 0.5) is 0 Å². The average molecular weight is 297 g/mol. The van der Waals surface area contributed by atoms with E-state index in [1.54, 1.807) is 17.0 Å². The van der Waals surface area contributed by atoms with E-state index in [0.717, 1.165) is 6.26 Å². The average Bonchev–Trinajstić information content (AvgIpc) is 2.51. The van der Waals surface area contributed by atoms with E-state index in [1.165, 1.54) is 18.3 Å². The molecule has 7 heteroatoms. The highest BCUT2D eigenvalue weighted by molar-refractivity contribution is 5.94. The SMILES string of the molecule is N#Cc1ccc(OC2CN(C(=O)c3ccc(=O)oc3)C2)nc1. The monoisotopic (exact) mass is 297 g/mol. The van der Waals surface area contributed by atoms with Crippen molar-refractivity contribution in [3.05, 3.63) is 58.3 Å². The lowest BCUT2D eigenvalue weighted by atomic mass is 10.1. The Labute approximate surface area is 125 Å². The first kappa shape index (κ1) is 13.8. The molecule has 0 bridgehead atoms. The molecule has 0 atom stereocenters. The minimum Gasteiger partial charge on any atom is -0.471 e. The summed E-state index contributed by atoms with van der Waals surface area (Å²) < 4.78 is 10.3. The second-order valence-electron chi connectivity index (χ2n) is 4.79. The van der Waals surface area contributed by atoms with Gasteiger partial charge in [0, 0.05) is 18.3 Å². The summed E-state index contributed by atoms with van der Waals surface area (Å²) in [5, 5.41) is 8.69. The van der Waals surface area contributed by atoms with Crippen molar-refractivity contribution in [2.24, 2.45) is 0 Å². The molecule has 0 saturated carbocycles. The lowest BCUT2D eigenvalue weighted by Gasteiger charge is -2.38. The summed E-state index contributed by atoms with van der Waals surface area (Å²) >= 11 is 0. The van der Waals surface area contributed by atoms with Crippen LogP contribution in [0.5, 0.6) is 5.88 Å². The van der Waals surface area contributed by atoms with E-state index in [4.69, 9.17) is 10.00 Å². The Hall–Kier alpha value is -3.14. The molecule has 0 aromatic carbocycles. The number of carbonyl (C=O) groups excluding carboxylic acids is 1. The van der Waals surface area contributed by atoms with Crippen molar-refractivity contribution in [1.82, 2.24) is 9.88 Å². The molecule has 22 heavy (non-hydrogen) atoms. The maximum absolute atomic E-state index is 12.1. The zero-order valence-corrected chi connectivity index (χ0v) is 11.4. The van der Waals surface area contributed by atoms with Gasteiger partial charge in [-0.15, -0.1) is 0 Å². The molecule has 2 aromatic heterocycles. The van der Waals surface area contributed by atoms with Gasteiger partial charge < -0.3 is 14.1 Å². The highest BCUT2D eigenvalue weighted by Gasteiger charge is 2.33. The number of carbonyl (C=O) groups is 1. The van der Waals surface area contributed by atoms with Gasteiger partial charge in [0.05, 0.1) is 24.2 Å². The Morgan fingerprint density at radius 1 is 1.36 bits per heavy atom. The molecule has 1 saturated heterocycles. The van der Waals surface area contributed by atoms with Gasteiger partial charge in [-0.05, 0) is 12.1 Å². The van der Waals surface area contributed by atoms with Crippen molar-refractivity contribution in [2.45, 2.75) is 6.10 Å². The summed E-state index contributed by atoms with van der Waals surface area (Å²) in [5.41, 5.74) is 0.297. The lowest BCUT2D eigenvalue weighted by molar-refractivity contribution is 0.0158. The van der Waals surface area contributed by atoms with Crippen LogP contribution in [0.2, 0.25) is 0 Å². The Balaban J connectivity index is 1.55. The molecule has 0 aliphatic carbocycles. The van der Waals surface area contributed by atoms with Crippen molar-refractivity contribution in [1.29, 1.82) is 5.26 Å². The van der Waals surface area contributed by atoms with E-state index >= 15 is 0 Å². The Bertz CT molecular complexity index is 765. The highest BCUT2D eigenvalue weighted by atomic mass is 16.5. The molecule has 1 aliphatic heterocycles. The van der Waals surface area contributed by atoms with Crippen LogP contribution in [0.15, 0.2) is 45.9 Å². The van der Waals surface area contributed by atoms with Gasteiger partial charge in [0.1, 0.15) is 18.4 Å². The zero-order valence-electron chi connectivity index (χ0n) is 11.4. The molecule has 3 rings (SSSR count). The maximum atomic E-state index is 12.1. The Morgan fingerprint density at radius 3 is 2.77 bits per heavy atom. The Kier molecular flexibility index (Phi) is 3.58. The summed E-state index contributed by atoms with van der Waals surface area (Å²) in [6, 6.07) is 7.86. The zero-order chi connectivity index (χ0) is 15.5. The first-order valence-electron chi connectivity index (χ1n) is 6.56. The fourth-order valence-electron chi connectivity index (χ4n) is 2.03. The second kappa shape index (κ2) is 5.69. The van der Waals surface area contributed by atoms with E-state index in [2.05, 4.69) is 9.40 Å². The minimum atomic E-state index is -0.492. The minimum absolute atomic E-state index is 0.139. The van der Waals surface area contributed by atoms with Crippen molar-refractivity contribution < 1.29 is 13.9 Å². The van der Waals surface area contributed by atoms with Crippen LogP contribution in [0.3, 0.4) is 0 Å². The number of nitriles is 1. The summed E-state index contributed by atoms with van der Waals surface area (Å²) in [7, 11) is 0. The number of aromatic nitrogens is 1. The molecule has 3 heterocycles. The van der Waals surface area contributed by atoms with Gasteiger partial charge in [-0.1, -0.05) is 0 Å². The standard InChI is InChI=1S/C15H11N3O4/c16-5-10-1-3-13(17-6-10)22-12-7-18(8-12)15(20)11-2-4-14(19)21-9-11/h1-4,6,9,12H,7-8H2. The predicted octanol–water partition coefficient (Wildman–Crippen LogP) is 0.810. The third-order valence-electron chi connectivity index (χ3n) is 3.24. The first-order chi connectivity index (χ1) is 10.7. The van der Waals surface area contributed by atoms with E-state index in [0.29, 0.717) is 30.1 Å². The van der Waals surface area contributed by atoms with Gasteiger partial charge >= 0.3 is 5.63 Å². The van der Waals surface area contributed by atoms with Crippen LogP contribution in [0.25, 0.3) is 0 Å². The third-order valence-corrected chi connectivity index (χ3v) is 3.24. The molecule has 110 valence electrons. The van der Waals surface area contributed by atoms with Crippen LogP contribution in [-0.2, 0) is 0 Å². The fraction of sp³-hybridized carbons (Fsp3) is 0.200. The second-order valence-corrected chi connectivity index (χ2v) is 4.79. The molecule has 0 N–H and O–H groups in total. The molecule has 1 fully saturated rings. The van der Waals surface area contributed by atoms with Gasteiger partial charge in [-0.2, -0.15) is 5.26 Å². The number of likely N-dealkylation sites (tertiary alicyclic amines) is 1. The van der Waals surface area contributed by atoms with Gasteiger partial charge in [0.25, 0.3) is 5.91 Å². The summed E-state index contributed by atoms with van der Waals surface area (Å²) in [5.74, 6) is 0.207. The Morgan fingerprint density at radius 2 is 2.18 bits per heavy atom. The van der Waals surface area contributed by atoms with Crippen molar-refractivity contribution in [3.63, 3.8) is 0 Å². The molecule has 7 nitrogen and oxygen atoms in total. The number of amides is 1. The van der Waals surface area contributed by atoms with Crippen molar-refractivity contribution in [2.75, 3.05) is 13.1 Å². The van der Waals surface area contributed by atoms with Crippen LogP contribution in [0.1, 0.15) is 15.9 Å². The van der Waals surface area contributed by atoms with Crippen molar-refractivity contribution >= 4 is 5.91 Å². The van der Waals surface area contributed by atoms with Crippen LogP contribution >= 0.6 is 0 Å². The molecule has 0 radical (unpaired) electrons. The van der Waals surface area contributed by atoms with Gasteiger partial charge in [0.15, 0.2) is 0 Å². The lowest BCUT2D eigenvalue weighted by Crippen LogP contribution is -2.56. The highest BCUT2D eigenvalue weighted by Crippen LogP contribution is 2.18. The normalized spacial score (nSPS) is 14.0. The molecule has 1 aliphatic rings. The number of hydrogen-bond acceptors (Lipinski definition) is 6. The van der Waals surface area contributed by atoms with Gasteiger partial charge in [-0.3, -0.25) is 4.79 Å². The molecular weight excluding hydrogens is 286 g/mol. The molecule has 0 spiro atoms. The summed E-state index contributed by atoms with van der Waals surface area (Å²) in [6.45, 7) is 0.860. The van der Waals surface area contributed by atoms with Crippen molar-refractivity contribution in [3.8, 4) is 11.9 Å². The molecule has 0 unspecified atom stereocenters. The first-order valence-corrected chi connectivity index (χ1v) is 6.56. The van der Waals surface area contributed by atoms with Crippen LogP contribution in [0, 0.1) is 11.3 Å². The van der Waals surface area contributed by atoms with Gasteiger partial charge in [0.2, 0.25) is 5.88 Å². The van der Waals surface area contributed by atoms with E-state index in [1.807, 2.05) is 6.07 Å². The molecule has 1 amide bonds. The van der Waals surface area contributed by atoms with E-state index in [-0.39, 0.29) is 12.0 Å². The number of ether oxygens (including phenoxy) is 1. The summed E-state index contributed by atoms with van der Waals surface area (Å²) in [6.07, 6.45) is 2.45. The number of nitrogens with zero attached hydrogens (tertiary/aromatic N) is 3. The quantitative estimate of drug-likeness (QED) is 0.831. The molecule has 2 aromatic rings. The summed E-state index contributed by atoms with van der Waals surface area (Å²) in [4.78, 5) is 28.5. The maximum Gasteiger partial charge on any atom is 0.335 e. The fourth-order valence-corrected chi connectivity index (χ4v) is 2.03. The van der Waals surface area contributed by atoms with Gasteiger partial charge in [-0.25, -0.2) is 9.78 Å². The van der Waals surface area contributed by atoms with Crippen LogP contribution < -0.4 is 10.4 Å². The number of hydrogen-bond donors (Lipinski definition) is 0. The predicted molar refractivity (Wildman–Crippen MR) is 74.2 cm³/mol. The smallest absolute Gasteiger partial charge is 0.335 e. The van der Waals surface area contributed by atoms with Crippen LogP contribution in [-0.4, -0.2) is 35.0 Å².